The first kappa shape index (κ1) is 25.1. The number of fused-ring (bicyclic) bond motifs is 9. The molecule has 0 bridgehead atoms. The van der Waals surface area contributed by atoms with Crippen molar-refractivity contribution in [1.82, 2.24) is 0 Å². The first-order chi connectivity index (χ1) is 20.5. The highest BCUT2D eigenvalue weighted by atomic mass is 32.1. The summed E-state index contributed by atoms with van der Waals surface area (Å²) >= 11 is 1.92. The Morgan fingerprint density at radius 2 is 1.00 bits per heavy atom. The van der Waals surface area contributed by atoms with Crippen molar-refractivity contribution in [3.8, 4) is 0 Å². The van der Waals surface area contributed by atoms with Crippen LogP contribution in [0.4, 0.5) is 17.1 Å². The second-order valence-corrected chi connectivity index (χ2v) is 13.2. The molecule has 1 nitrogen and oxygen atoms in total. The molecule has 0 unspecified atom stereocenters. The van der Waals surface area contributed by atoms with Crippen LogP contribution in [0.3, 0.4) is 0 Å². The molecule has 202 valence electrons. The lowest BCUT2D eigenvalue weighted by Gasteiger charge is -2.28. The summed E-state index contributed by atoms with van der Waals surface area (Å²) in [6, 6.07) is 49.1. The van der Waals surface area contributed by atoms with E-state index in [4.69, 9.17) is 0 Å². The fourth-order valence-corrected chi connectivity index (χ4v) is 7.87. The predicted molar refractivity (Wildman–Crippen MR) is 185 cm³/mol. The first-order valence-corrected chi connectivity index (χ1v) is 15.4. The molecule has 0 aliphatic rings. The lowest BCUT2D eigenvalue weighted by atomic mass is 9.87. The van der Waals surface area contributed by atoms with Crippen LogP contribution in [0, 0.1) is 0 Å². The molecule has 0 saturated heterocycles. The summed E-state index contributed by atoms with van der Waals surface area (Å²) in [7, 11) is 0. The van der Waals surface area contributed by atoms with Gasteiger partial charge >= 0.3 is 0 Å². The van der Waals surface area contributed by atoms with Gasteiger partial charge in [-0.3, -0.25) is 0 Å². The maximum absolute atomic E-state index is 2.47. The SMILES string of the molecule is CC(C)(C)c1ccc(N(c2cccc3ccccc23)c2cccc3c2sc2c4ccccc4c4ccccc4c32)cc1. The average Bonchev–Trinajstić information content (AvgIpc) is 3.42. The van der Waals surface area contributed by atoms with Crippen LogP contribution in [-0.2, 0) is 5.41 Å². The van der Waals surface area contributed by atoms with Gasteiger partial charge in [0.05, 0.1) is 16.1 Å². The van der Waals surface area contributed by atoms with Crippen LogP contribution in [0.2, 0.25) is 0 Å². The van der Waals surface area contributed by atoms with Gasteiger partial charge in [0, 0.05) is 31.9 Å². The molecule has 8 rings (SSSR count). The number of nitrogens with zero attached hydrogens (tertiary/aromatic N) is 1. The van der Waals surface area contributed by atoms with Crippen LogP contribution in [0.15, 0.2) is 133 Å². The minimum Gasteiger partial charge on any atom is -0.308 e. The number of thiophene rings is 1. The van der Waals surface area contributed by atoms with Gasteiger partial charge in [0.25, 0.3) is 0 Å². The van der Waals surface area contributed by atoms with Crippen LogP contribution >= 0.6 is 11.3 Å². The van der Waals surface area contributed by atoms with Gasteiger partial charge in [-0.05, 0) is 56.8 Å². The van der Waals surface area contributed by atoms with Gasteiger partial charge in [-0.1, -0.05) is 130 Å². The number of hydrogen-bond acceptors (Lipinski definition) is 2. The van der Waals surface area contributed by atoms with E-state index >= 15 is 0 Å². The van der Waals surface area contributed by atoms with E-state index in [9.17, 15) is 0 Å². The topological polar surface area (TPSA) is 3.24 Å². The third kappa shape index (κ3) is 3.83. The summed E-state index contributed by atoms with van der Waals surface area (Å²) in [4.78, 5) is 2.47. The van der Waals surface area contributed by atoms with Crippen LogP contribution in [0.1, 0.15) is 26.3 Å². The molecular weight excluding hydrogens is 527 g/mol. The zero-order valence-corrected chi connectivity index (χ0v) is 24.9. The van der Waals surface area contributed by atoms with E-state index in [1.807, 2.05) is 11.3 Å². The summed E-state index contributed by atoms with van der Waals surface area (Å²) in [5.74, 6) is 0. The van der Waals surface area contributed by atoms with E-state index in [2.05, 4.69) is 159 Å². The molecule has 7 aromatic carbocycles. The van der Waals surface area contributed by atoms with Crippen molar-refractivity contribution < 1.29 is 0 Å². The Balaban J connectivity index is 1.48. The van der Waals surface area contributed by atoms with Gasteiger partial charge in [0.15, 0.2) is 0 Å². The molecule has 0 spiro atoms. The fourth-order valence-electron chi connectivity index (χ4n) is 6.51. The van der Waals surface area contributed by atoms with Gasteiger partial charge in [-0.15, -0.1) is 11.3 Å². The van der Waals surface area contributed by atoms with Gasteiger partial charge in [0.2, 0.25) is 0 Å². The number of benzene rings is 7. The van der Waals surface area contributed by atoms with Crippen molar-refractivity contribution in [3.63, 3.8) is 0 Å². The molecule has 0 aliphatic carbocycles. The third-order valence-electron chi connectivity index (χ3n) is 8.59. The van der Waals surface area contributed by atoms with Crippen LogP contribution in [-0.4, -0.2) is 0 Å². The number of anilines is 3. The smallest absolute Gasteiger partial charge is 0.0640 e. The van der Waals surface area contributed by atoms with Crippen LogP contribution in [0.25, 0.3) is 52.5 Å². The summed E-state index contributed by atoms with van der Waals surface area (Å²) in [6.45, 7) is 6.82. The molecule has 0 aliphatic heterocycles. The summed E-state index contributed by atoms with van der Waals surface area (Å²) < 4.78 is 2.66. The Morgan fingerprint density at radius 3 is 1.74 bits per heavy atom. The van der Waals surface area contributed by atoms with Crippen molar-refractivity contribution in [2.75, 3.05) is 4.90 Å². The Labute approximate surface area is 250 Å². The molecule has 1 aromatic heterocycles. The molecule has 0 N–H and O–H groups in total. The zero-order chi connectivity index (χ0) is 28.4. The standard InChI is InChI=1S/C40H31NS/c1-40(2,3)27-22-24-28(25-23-27)41(35-20-10-13-26-12-4-5-14-29(26)35)36-21-11-19-34-37-32-17-8-6-15-30(32)31-16-7-9-18-33(31)39(37)42-38(34)36/h4-25H,1-3H3. The van der Waals surface area contributed by atoms with E-state index in [-0.39, 0.29) is 5.41 Å². The number of rotatable bonds is 3. The third-order valence-corrected chi connectivity index (χ3v) is 9.85. The Kier molecular flexibility index (Phi) is 5.64. The maximum atomic E-state index is 2.47. The Morgan fingerprint density at radius 1 is 0.452 bits per heavy atom. The van der Waals surface area contributed by atoms with Gasteiger partial charge in [-0.25, -0.2) is 0 Å². The van der Waals surface area contributed by atoms with Gasteiger partial charge < -0.3 is 4.90 Å². The summed E-state index contributed by atoms with van der Waals surface area (Å²) in [5, 5.41) is 10.4. The minimum absolute atomic E-state index is 0.0937. The van der Waals surface area contributed by atoms with Gasteiger partial charge in [-0.2, -0.15) is 0 Å². The quantitative estimate of drug-likeness (QED) is 0.195. The molecule has 0 saturated carbocycles. The highest BCUT2D eigenvalue weighted by Gasteiger charge is 2.22. The summed E-state index contributed by atoms with van der Waals surface area (Å²) in [5.41, 5.74) is 5.00. The Bertz CT molecular complexity index is 2280. The average molecular weight is 558 g/mol. The molecule has 0 fully saturated rings. The van der Waals surface area contributed by atoms with E-state index in [1.54, 1.807) is 0 Å². The zero-order valence-electron chi connectivity index (χ0n) is 24.1. The van der Waals surface area contributed by atoms with Crippen molar-refractivity contribution in [3.05, 3.63) is 139 Å². The van der Waals surface area contributed by atoms with Crippen molar-refractivity contribution >= 4 is 80.9 Å². The highest BCUT2D eigenvalue weighted by Crippen LogP contribution is 2.49. The molecular formula is C40H31NS. The monoisotopic (exact) mass is 557 g/mol. The second-order valence-electron chi connectivity index (χ2n) is 12.2. The first-order valence-electron chi connectivity index (χ1n) is 14.6. The molecule has 2 heteroatoms. The van der Waals surface area contributed by atoms with Gasteiger partial charge in [0.1, 0.15) is 0 Å². The van der Waals surface area contributed by atoms with E-state index in [0.29, 0.717) is 0 Å². The minimum atomic E-state index is 0.0937. The molecule has 42 heavy (non-hydrogen) atoms. The largest absolute Gasteiger partial charge is 0.308 e. The van der Waals surface area contributed by atoms with Crippen molar-refractivity contribution in [1.29, 1.82) is 0 Å². The molecule has 0 amide bonds. The predicted octanol–water partition coefficient (Wildman–Crippen LogP) is 12.3. The lowest BCUT2D eigenvalue weighted by molar-refractivity contribution is 0.590. The van der Waals surface area contributed by atoms with E-state index in [0.717, 1.165) is 0 Å². The van der Waals surface area contributed by atoms with E-state index < -0.39 is 0 Å². The highest BCUT2D eigenvalue weighted by molar-refractivity contribution is 7.27. The molecule has 1 heterocycles. The maximum Gasteiger partial charge on any atom is 0.0640 e. The molecule has 0 radical (unpaired) electrons. The summed E-state index contributed by atoms with van der Waals surface area (Å²) in [6.07, 6.45) is 0. The Hall–Kier alpha value is -4.66. The van der Waals surface area contributed by atoms with Crippen molar-refractivity contribution in [2.45, 2.75) is 26.2 Å². The lowest BCUT2D eigenvalue weighted by Crippen LogP contribution is -2.13. The van der Waals surface area contributed by atoms with Crippen LogP contribution in [0.5, 0.6) is 0 Å². The van der Waals surface area contributed by atoms with Crippen molar-refractivity contribution in [2.24, 2.45) is 0 Å². The second kappa shape index (κ2) is 9.44. The normalized spacial score (nSPS) is 12.2. The van der Waals surface area contributed by atoms with Crippen LogP contribution < -0.4 is 4.90 Å². The number of hydrogen-bond donors (Lipinski definition) is 0. The molecule has 8 aromatic rings. The van der Waals surface area contributed by atoms with E-state index in [1.165, 1.54) is 75.1 Å². The molecule has 0 atom stereocenters. The fraction of sp³-hybridized carbons (Fsp3) is 0.100.